The lowest BCUT2D eigenvalue weighted by molar-refractivity contribution is 0.0696. The van der Waals surface area contributed by atoms with E-state index >= 15 is 0 Å². The lowest BCUT2D eigenvalue weighted by atomic mass is 9.96. The molecule has 5 aromatic carbocycles. The summed E-state index contributed by atoms with van der Waals surface area (Å²) < 4.78 is 19.8. The van der Waals surface area contributed by atoms with E-state index in [1.165, 1.54) is 24.3 Å². The molecule has 1 aromatic heterocycles. The summed E-state index contributed by atoms with van der Waals surface area (Å²) in [5.41, 5.74) is 4.55. The van der Waals surface area contributed by atoms with Gasteiger partial charge in [0.2, 0.25) is 0 Å². The van der Waals surface area contributed by atoms with Gasteiger partial charge < -0.3 is 14.9 Å². The van der Waals surface area contributed by atoms with Gasteiger partial charge in [-0.3, -0.25) is 4.79 Å². The molecule has 6 aromatic rings. The summed E-state index contributed by atoms with van der Waals surface area (Å²) >= 11 is 0. The SMILES string of the molecule is C[C@H](NC(=O)c1cc(-c2cccc(F)c2)cc2onc(Cc3ccc4ccccc4c3)c12)c1ccc(C(=O)O)cc1. The summed E-state index contributed by atoms with van der Waals surface area (Å²) in [6, 6.07) is 29.9. The van der Waals surface area contributed by atoms with Crippen molar-refractivity contribution in [2.24, 2.45) is 0 Å². The molecule has 0 aliphatic heterocycles. The monoisotopic (exact) mass is 544 g/mol. The number of aromatic nitrogens is 1. The van der Waals surface area contributed by atoms with Crippen molar-refractivity contribution >= 4 is 33.6 Å². The Balaban J connectivity index is 1.40. The van der Waals surface area contributed by atoms with Crippen LogP contribution in [0.25, 0.3) is 32.9 Å². The molecule has 7 heteroatoms. The third kappa shape index (κ3) is 5.30. The second-order valence-corrected chi connectivity index (χ2v) is 10.0. The number of benzene rings is 5. The summed E-state index contributed by atoms with van der Waals surface area (Å²) in [6.45, 7) is 1.82. The molecule has 2 N–H and O–H groups in total. The minimum absolute atomic E-state index is 0.166. The van der Waals surface area contributed by atoms with Crippen molar-refractivity contribution in [2.45, 2.75) is 19.4 Å². The van der Waals surface area contributed by atoms with Gasteiger partial charge in [-0.15, -0.1) is 0 Å². The van der Waals surface area contributed by atoms with Crippen molar-refractivity contribution in [1.82, 2.24) is 10.5 Å². The average Bonchev–Trinajstić information content (AvgIpc) is 3.39. The van der Waals surface area contributed by atoms with Crippen molar-refractivity contribution in [2.75, 3.05) is 0 Å². The van der Waals surface area contributed by atoms with Gasteiger partial charge in [-0.05, 0) is 76.3 Å². The normalized spacial score (nSPS) is 12.0. The molecule has 41 heavy (non-hydrogen) atoms. The topological polar surface area (TPSA) is 92.4 Å². The Morgan fingerprint density at radius 1 is 0.878 bits per heavy atom. The highest BCUT2D eigenvalue weighted by Crippen LogP contribution is 2.32. The second-order valence-electron chi connectivity index (χ2n) is 10.0. The Morgan fingerprint density at radius 2 is 1.66 bits per heavy atom. The van der Waals surface area contributed by atoms with E-state index in [2.05, 4.69) is 28.7 Å². The summed E-state index contributed by atoms with van der Waals surface area (Å²) in [5.74, 6) is -1.76. The van der Waals surface area contributed by atoms with E-state index in [4.69, 9.17) is 4.52 Å². The number of amides is 1. The number of carbonyl (C=O) groups excluding carboxylic acids is 1. The number of aromatic carboxylic acids is 1. The fourth-order valence-corrected chi connectivity index (χ4v) is 5.08. The van der Waals surface area contributed by atoms with E-state index in [0.29, 0.717) is 39.8 Å². The van der Waals surface area contributed by atoms with Crippen LogP contribution in [0.4, 0.5) is 4.39 Å². The van der Waals surface area contributed by atoms with Crippen molar-refractivity contribution < 1.29 is 23.6 Å². The first-order valence-electron chi connectivity index (χ1n) is 13.2. The summed E-state index contributed by atoms with van der Waals surface area (Å²) in [5, 5.41) is 19.4. The maximum atomic E-state index is 14.1. The molecule has 0 saturated carbocycles. The van der Waals surface area contributed by atoms with Gasteiger partial charge in [-0.2, -0.15) is 0 Å². The van der Waals surface area contributed by atoms with Crippen molar-refractivity contribution in [3.63, 3.8) is 0 Å². The Kier molecular flexibility index (Phi) is 6.77. The highest BCUT2D eigenvalue weighted by atomic mass is 19.1. The number of nitrogens with one attached hydrogen (secondary N) is 1. The number of hydrogen-bond donors (Lipinski definition) is 2. The zero-order valence-electron chi connectivity index (χ0n) is 22.1. The summed E-state index contributed by atoms with van der Waals surface area (Å²) in [7, 11) is 0. The molecule has 0 fully saturated rings. The number of fused-ring (bicyclic) bond motifs is 2. The van der Waals surface area contributed by atoms with Crippen LogP contribution in [0.15, 0.2) is 108 Å². The van der Waals surface area contributed by atoms with Crippen LogP contribution in [0, 0.1) is 5.82 Å². The summed E-state index contributed by atoms with van der Waals surface area (Å²) in [6.07, 6.45) is 0.448. The van der Waals surface area contributed by atoms with Gasteiger partial charge in [-0.1, -0.05) is 71.9 Å². The maximum Gasteiger partial charge on any atom is 0.335 e. The van der Waals surface area contributed by atoms with Gasteiger partial charge in [0.05, 0.1) is 28.2 Å². The molecule has 6 nitrogen and oxygen atoms in total. The van der Waals surface area contributed by atoms with Gasteiger partial charge in [0.1, 0.15) is 5.82 Å². The van der Waals surface area contributed by atoms with Crippen LogP contribution in [-0.4, -0.2) is 22.1 Å². The molecule has 0 radical (unpaired) electrons. The quantitative estimate of drug-likeness (QED) is 0.216. The number of carboxylic acids is 1. The molecule has 0 spiro atoms. The van der Waals surface area contributed by atoms with E-state index in [0.717, 1.165) is 21.9 Å². The van der Waals surface area contributed by atoms with E-state index in [1.54, 1.807) is 36.4 Å². The zero-order chi connectivity index (χ0) is 28.5. The van der Waals surface area contributed by atoms with Crippen LogP contribution in [0.1, 0.15) is 50.5 Å². The molecule has 1 atom stereocenters. The number of rotatable bonds is 7. The smallest absolute Gasteiger partial charge is 0.335 e. The average molecular weight is 545 g/mol. The highest BCUT2D eigenvalue weighted by molar-refractivity contribution is 6.08. The molecular weight excluding hydrogens is 519 g/mol. The predicted octanol–water partition coefficient (Wildman–Crippen LogP) is 7.57. The Bertz CT molecular complexity index is 1930. The van der Waals surface area contributed by atoms with Crippen LogP contribution in [0.2, 0.25) is 0 Å². The molecule has 0 aliphatic carbocycles. The zero-order valence-corrected chi connectivity index (χ0v) is 22.1. The lowest BCUT2D eigenvalue weighted by Crippen LogP contribution is -2.27. The molecule has 1 heterocycles. The second kappa shape index (κ2) is 10.7. The van der Waals surface area contributed by atoms with Crippen molar-refractivity contribution in [1.29, 1.82) is 0 Å². The summed E-state index contributed by atoms with van der Waals surface area (Å²) in [4.78, 5) is 25.0. The Morgan fingerprint density at radius 3 is 2.41 bits per heavy atom. The number of carboxylic acid groups (broad SMARTS) is 1. The molecule has 0 aliphatic rings. The van der Waals surface area contributed by atoms with Gasteiger partial charge in [-0.25, -0.2) is 9.18 Å². The molecule has 0 unspecified atom stereocenters. The Hall–Kier alpha value is -5.30. The van der Waals surface area contributed by atoms with Gasteiger partial charge in [0.25, 0.3) is 5.91 Å². The third-order valence-electron chi connectivity index (χ3n) is 7.24. The Labute approximate surface area is 235 Å². The first kappa shape index (κ1) is 26.0. The first-order chi connectivity index (χ1) is 19.9. The minimum atomic E-state index is -1.02. The largest absolute Gasteiger partial charge is 0.478 e. The molecular formula is C34H25FN2O4. The molecule has 0 saturated heterocycles. The van der Waals surface area contributed by atoms with Crippen LogP contribution < -0.4 is 5.32 Å². The number of halogens is 1. The highest BCUT2D eigenvalue weighted by Gasteiger charge is 2.22. The van der Waals surface area contributed by atoms with E-state index in [1.807, 2.05) is 31.2 Å². The fourth-order valence-electron chi connectivity index (χ4n) is 5.08. The molecule has 6 rings (SSSR count). The number of nitrogens with zero attached hydrogens (tertiary/aromatic N) is 1. The van der Waals surface area contributed by atoms with E-state index < -0.39 is 12.0 Å². The lowest BCUT2D eigenvalue weighted by Gasteiger charge is -2.16. The van der Waals surface area contributed by atoms with Gasteiger partial charge in [0, 0.05) is 6.42 Å². The number of hydrogen-bond acceptors (Lipinski definition) is 4. The van der Waals surface area contributed by atoms with E-state index in [-0.39, 0.29) is 17.3 Å². The first-order valence-corrected chi connectivity index (χ1v) is 13.2. The standard InChI is InChI=1S/C34H25FN2O4/c1-20(22-11-13-24(14-12-22)34(39)40)36-33(38)29-18-27(26-7-4-8-28(35)17-26)19-31-32(29)30(37-41-31)16-21-9-10-23-5-2-3-6-25(23)15-21/h2-15,17-20H,16H2,1H3,(H,36,38)(H,39,40)/t20-/m0/s1. The third-order valence-corrected chi connectivity index (χ3v) is 7.24. The molecule has 1 amide bonds. The maximum absolute atomic E-state index is 14.1. The van der Waals surface area contributed by atoms with Crippen LogP contribution in [-0.2, 0) is 6.42 Å². The predicted molar refractivity (Wildman–Crippen MR) is 155 cm³/mol. The van der Waals surface area contributed by atoms with E-state index in [9.17, 15) is 19.1 Å². The van der Waals surface area contributed by atoms with Crippen LogP contribution in [0.5, 0.6) is 0 Å². The van der Waals surface area contributed by atoms with Gasteiger partial charge in [0.15, 0.2) is 5.58 Å². The molecule has 0 bridgehead atoms. The molecule has 202 valence electrons. The van der Waals surface area contributed by atoms with Gasteiger partial charge >= 0.3 is 5.97 Å². The van der Waals surface area contributed by atoms with Crippen LogP contribution in [0.3, 0.4) is 0 Å². The fraction of sp³-hybridized carbons (Fsp3) is 0.0882. The number of carbonyl (C=O) groups is 2. The van der Waals surface area contributed by atoms with Crippen molar-refractivity contribution in [3.05, 3.63) is 137 Å². The van der Waals surface area contributed by atoms with Crippen LogP contribution >= 0.6 is 0 Å². The minimum Gasteiger partial charge on any atom is -0.478 e. The van der Waals surface area contributed by atoms with Crippen molar-refractivity contribution in [3.8, 4) is 11.1 Å².